The third-order valence-corrected chi connectivity index (χ3v) is 3.75. The highest BCUT2D eigenvalue weighted by molar-refractivity contribution is 9.10. The zero-order chi connectivity index (χ0) is 11.5. The highest BCUT2D eigenvalue weighted by Gasteiger charge is 2.04. The zero-order valence-corrected chi connectivity index (χ0v) is 10.3. The molecule has 0 fully saturated rings. The maximum absolute atomic E-state index is 11.3. The van der Waals surface area contributed by atoms with Gasteiger partial charge in [0.1, 0.15) is 0 Å². The van der Waals surface area contributed by atoms with Gasteiger partial charge in [-0.25, -0.2) is 9.89 Å². The Hall–Kier alpha value is -1.41. The lowest BCUT2D eigenvalue weighted by Gasteiger charge is -2.01. The number of thiophene rings is 1. The first-order valence-electron chi connectivity index (χ1n) is 4.31. The quantitative estimate of drug-likeness (QED) is 0.785. The van der Waals surface area contributed by atoms with Gasteiger partial charge in [-0.3, -0.25) is 9.78 Å². The van der Waals surface area contributed by atoms with Crippen LogP contribution in [0.4, 0.5) is 5.82 Å². The van der Waals surface area contributed by atoms with Crippen LogP contribution < -0.4 is 16.6 Å². The topological polar surface area (TPSA) is 90.6 Å². The molecule has 0 amide bonds. The lowest BCUT2D eigenvalue weighted by atomic mass is 10.4. The van der Waals surface area contributed by atoms with E-state index in [0.717, 1.165) is 9.35 Å². The minimum Gasteiger partial charge on any atom is -0.359 e. The Bertz CT molecular complexity index is 602. The van der Waals surface area contributed by atoms with Gasteiger partial charge in [0.15, 0.2) is 0 Å². The van der Waals surface area contributed by atoms with Gasteiger partial charge in [0.25, 0.3) is 5.56 Å². The van der Waals surface area contributed by atoms with Gasteiger partial charge in [0, 0.05) is 9.35 Å². The summed E-state index contributed by atoms with van der Waals surface area (Å²) in [5.74, 6) is 0.0971. The van der Waals surface area contributed by atoms with E-state index in [4.69, 9.17) is 0 Å². The highest BCUT2D eigenvalue weighted by atomic mass is 79.9. The Kier molecular flexibility index (Phi) is 3.20. The van der Waals surface area contributed by atoms with E-state index in [1.807, 2.05) is 11.4 Å². The van der Waals surface area contributed by atoms with Crippen LogP contribution in [-0.2, 0) is 6.54 Å². The monoisotopic (exact) mass is 302 g/mol. The highest BCUT2D eigenvalue weighted by Crippen LogP contribution is 2.22. The molecule has 0 aliphatic rings. The van der Waals surface area contributed by atoms with E-state index in [1.54, 1.807) is 11.3 Å². The largest absolute Gasteiger partial charge is 0.359 e. The summed E-state index contributed by atoms with van der Waals surface area (Å²) in [5.41, 5.74) is -1.15. The summed E-state index contributed by atoms with van der Waals surface area (Å²) in [6.45, 7) is 0.473. The molecular weight excluding hydrogens is 296 g/mol. The van der Waals surface area contributed by atoms with Gasteiger partial charge in [0.05, 0.1) is 6.54 Å². The minimum absolute atomic E-state index is 0.0971. The summed E-state index contributed by atoms with van der Waals surface area (Å²) >= 11 is 4.93. The standard InChI is InChI=1S/C8H7BrN4O2S/c9-4-1-2-16-5(4)3-10-6-7(14)11-8(15)13-12-6/h1-2H,3H2,(H,10,12)(H2,11,13,14,15). The molecule has 0 saturated carbocycles. The lowest BCUT2D eigenvalue weighted by Crippen LogP contribution is -2.26. The smallest absolute Gasteiger partial charge is 0.342 e. The van der Waals surface area contributed by atoms with Crippen molar-refractivity contribution >= 4 is 33.1 Å². The predicted molar refractivity (Wildman–Crippen MR) is 64.8 cm³/mol. The summed E-state index contributed by atoms with van der Waals surface area (Å²) in [4.78, 5) is 25.1. The molecular formula is C8H7BrN4O2S. The molecule has 16 heavy (non-hydrogen) atoms. The van der Waals surface area contributed by atoms with Gasteiger partial charge in [-0.05, 0) is 27.4 Å². The predicted octanol–water partition coefficient (Wildman–Crippen LogP) is 0.894. The summed E-state index contributed by atoms with van der Waals surface area (Å²) < 4.78 is 0.978. The third kappa shape index (κ3) is 2.39. The van der Waals surface area contributed by atoms with Crippen molar-refractivity contribution < 1.29 is 0 Å². The molecule has 0 spiro atoms. The van der Waals surface area contributed by atoms with Crippen LogP contribution in [0.5, 0.6) is 0 Å². The van der Waals surface area contributed by atoms with Crippen LogP contribution in [0, 0.1) is 0 Å². The Balaban J connectivity index is 2.14. The fourth-order valence-corrected chi connectivity index (χ4v) is 2.51. The van der Waals surface area contributed by atoms with E-state index in [9.17, 15) is 9.59 Å². The van der Waals surface area contributed by atoms with Gasteiger partial charge in [-0.1, -0.05) is 0 Å². The number of aromatic nitrogens is 3. The Morgan fingerprint density at radius 2 is 2.31 bits per heavy atom. The number of aromatic amines is 2. The van der Waals surface area contributed by atoms with Gasteiger partial charge in [-0.2, -0.15) is 0 Å². The molecule has 0 aliphatic heterocycles. The molecule has 2 heterocycles. The SMILES string of the molecule is O=c1[nH]nc(NCc2sccc2Br)c(=O)[nH]1. The van der Waals surface area contributed by atoms with E-state index >= 15 is 0 Å². The van der Waals surface area contributed by atoms with Crippen molar-refractivity contribution in [3.8, 4) is 0 Å². The molecule has 0 unspecified atom stereocenters. The molecule has 2 rings (SSSR count). The van der Waals surface area contributed by atoms with Crippen LogP contribution in [0.25, 0.3) is 0 Å². The van der Waals surface area contributed by atoms with Crippen LogP contribution in [0.3, 0.4) is 0 Å². The van der Waals surface area contributed by atoms with E-state index in [0.29, 0.717) is 6.54 Å². The van der Waals surface area contributed by atoms with E-state index in [1.165, 1.54) is 0 Å². The van der Waals surface area contributed by atoms with E-state index in [-0.39, 0.29) is 5.82 Å². The number of hydrogen-bond donors (Lipinski definition) is 3. The molecule has 6 nitrogen and oxygen atoms in total. The summed E-state index contributed by atoms with van der Waals surface area (Å²) in [6, 6.07) is 1.92. The van der Waals surface area contributed by atoms with E-state index in [2.05, 4.69) is 36.4 Å². The molecule has 0 radical (unpaired) electrons. The van der Waals surface area contributed by atoms with Gasteiger partial charge < -0.3 is 5.32 Å². The second kappa shape index (κ2) is 4.62. The van der Waals surface area contributed by atoms with Crippen LogP contribution in [0.1, 0.15) is 4.88 Å². The third-order valence-electron chi connectivity index (χ3n) is 1.82. The molecule has 0 bridgehead atoms. The number of halogens is 1. The molecule has 2 aromatic heterocycles. The number of rotatable bonds is 3. The minimum atomic E-state index is -0.618. The fourth-order valence-electron chi connectivity index (χ4n) is 1.08. The van der Waals surface area contributed by atoms with Gasteiger partial charge in [0.2, 0.25) is 5.82 Å². The fraction of sp³-hybridized carbons (Fsp3) is 0.125. The van der Waals surface area contributed by atoms with E-state index < -0.39 is 11.2 Å². The van der Waals surface area contributed by atoms with Gasteiger partial charge in [-0.15, -0.1) is 16.4 Å². The first-order chi connectivity index (χ1) is 7.66. The van der Waals surface area contributed by atoms with Gasteiger partial charge >= 0.3 is 5.69 Å². The second-order valence-corrected chi connectivity index (χ2v) is 4.76. The van der Waals surface area contributed by atoms with Crippen molar-refractivity contribution in [2.45, 2.75) is 6.54 Å². The summed E-state index contributed by atoms with van der Waals surface area (Å²) in [5, 5.41) is 10.5. The molecule has 0 aliphatic carbocycles. The lowest BCUT2D eigenvalue weighted by molar-refractivity contribution is 0.884. The Morgan fingerprint density at radius 1 is 1.50 bits per heavy atom. The van der Waals surface area contributed by atoms with Crippen molar-refractivity contribution in [3.63, 3.8) is 0 Å². The maximum atomic E-state index is 11.3. The van der Waals surface area contributed by atoms with Crippen LogP contribution in [0.15, 0.2) is 25.5 Å². The number of H-pyrrole nitrogens is 2. The van der Waals surface area contributed by atoms with Crippen LogP contribution in [-0.4, -0.2) is 15.2 Å². The molecule has 8 heteroatoms. The number of nitrogens with one attached hydrogen (secondary N) is 3. The molecule has 3 N–H and O–H groups in total. The van der Waals surface area contributed by atoms with Crippen molar-refractivity contribution in [3.05, 3.63) is 41.6 Å². The number of hydrogen-bond acceptors (Lipinski definition) is 5. The molecule has 84 valence electrons. The number of nitrogens with zero attached hydrogens (tertiary/aromatic N) is 1. The van der Waals surface area contributed by atoms with Crippen LogP contribution in [0.2, 0.25) is 0 Å². The summed E-state index contributed by atoms with van der Waals surface area (Å²) in [7, 11) is 0. The molecule has 2 aromatic rings. The van der Waals surface area contributed by atoms with Crippen molar-refractivity contribution in [2.24, 2.45) is 0 Å². The molecule has 0 aromatic carbocycles. The summed E-state index contributed by atoms with van der Waals surface area (Å²) in [6.07, 6.45) is 0. The Labute approximate surface area is 102 Å². The average Bonchev–Trinajstić information content (AvgIpc) is 2.63. The van der Waals surface area contributed by atoms with Crippen molar-refractivity contribution in [2.75, 3.05) is 5.32 Å². The molecule has 0 atom stereocenters. The average molecular weight is 303 g/mol. The first-order valence-corrected chi connectivity index (χ1v) is 5.99. The van der Waals surface area contributed by atoms with Crippen LogP contribution >= 0.6 is 27.3 Å². The van der Waals surface area contributed by atoms with Crippen molar-refractivity contribution in [1.82, 2.24) is 15.2 Å². The number of anilines is 1. The van der Waals surface area contributed by atoms with Crippen molar-refractivity contribution in [1.29, 1.82) is 0 Å². The second-order valence-electron chi connectivity index (χ2n) is 2.90. The first kappa shape index (κ1) is 11.1. The Morgan fingerprint density at radius 3 is 2.94 bits per heavy atom. The zero-order valence-electron chi connectivity index (χ0n) is 7.91. The normalized spacial score (nSPS) is 10.3. The molecule has 0 saturated heterocycles. The maximum Gasteiger partial charge on any atom is 0.342 e.